The van der Waals surface area contributed by atoms with Gasteiger partial charge in [-0.3, -0.25) is 13.9 Å². The molecule has 7 nitrogen and oxygen atoms in total. The zero-order chi connectivity index (χ0) is 33.3. The SMILES string of the molecule is CCC(C)NC(=O)C(Cc1ccccc1)N(Cc1ccccc1)C(=O)CN(c1cccc(C(F)(F)F)c1)S(=O)(=O)c1ccccc1. The Kier molecular flexibility index (Phi) is 11.2. The van der Waals surface area contributed by atoms with Crippen molar-refractivity contribution in [1.82, 2.24) is 10.2 Å². The van der Waals surface area contributed by atoms with Crippen LogP contribution in [0, 0.1) is 0 Å². The Hall–Kier alpha value is -4.64. The first-order valence-corrected chi connectivity index (χ1v) is 16.3. The van der Waals surface area contributed by atoms with E-state index in [-0.39, 0.29) is 29.6 Å². The first kappa shape index (κ1) is 34.2. The summed E-state index contributed by atoms with van der Waals surface area (Å²) < 4.78 is 69.8. The molecule has 0 aliphatic heterocycles. The number of sulfonamides is 1. The molecule has 46 heavy (non-hydrogen) atoms. The van der Waals surface area contributed by atoms with Crippen LogP contribution in [-0.4, -0.2) is 43.8 Å². The summed E-state index contributed by atoms with van der Waals surface area (Å²) in [5.74, 6) is -1.19. The Labute approximate surface area is 267 Å². The number of hydrogen-bond donors (Lipinski definition) is 1. The monoisotopic (exact) mass is 651 g/mol. The molecule has 0 radical (unpaired) electrons. The highest BCUT2D eigenvalue weighted by atomic mass is 32.2. The average Bonchev–Trinajstić information content (AvgIpc) is 3.06. The van der Waals surface area contributed by atoms with Gasteiger partial charge in [-0.25, -0.2) is 8.42 Å². The lowest BCUT2D eigenvalue weighted by atomic mass is 10.0. The summed E-state index contributed by atoms with van der Waals surface area (Å²) in [5.41, 5.74) is 0.0446. The third kappa shape index (κ3) is 8.75. The van der Waals surface area contributed by atoms with Crippen molar-refractivity contribution in [2.45, 2.75) is 56.4 Å². The number of nitrogens with zero attached hydrogens (tertiary/aromatic N) is 2. The van der Waals surface area contributed by atoms with Crippen LogP contribution in [0.5, 0.6) is 0 Å². The number of halogens is 3. The van der Waals surface area contributed by atoms with Crippen molar-refractivity contribution in [2.75, 3.05) is 10.8 Å². The van der Waals surface area contributed by atoms with Crippen molar-refractivity contribution < 1.29 is 31.2 Å². The van der Waals surface area contributed by atoms with Gasteiger partial charge in [-0.15, -0.1) is 0 Å². The van der Waals surface area contributed by atoms with Gasteiger partial charge >= 0.3 is 6.18 Å². The molecule has 2 unspecified atom stereocenters. The summed E-state index contributed by atoms with van der Waals surface area (Å²) in [6.45, 7) is 2.84. The molecule has 11 heteroatoms. The quantitative estimate of drug-likeness (QED) is 0.180. The predicted molar refractivity (Wildman–Crippen MR) is 171 cm³/mol. The number of alkyl halides is 3. The van der Waals surface area contributed by atoms with Crippen LogP contribution in [0.3, 0.4) is 0 Å². The van der Waals surface area contributed by atoms with Crippen LogP contribution in [0.2, 0.25) is 0 Å². The number of anilines is 1. The van der Waals surface area contributed by atoms with Crippen LogP contribution in [0.1, 0.15) is 37.0 Å². The molecular formula is C35H36F3N3O4S. The second kappa shape index (κ2) is 15.1. The molecule has 0 saturated heterocycles. The highest BCUT2D eigenvalue weighted by Gasteiger charge is 2.36. The first-order chi connectivity index (χ1) is 21.9. The molecule has 0 fully saturated rings. The molecule has 4 aromatic rings. The molecule has 0 heterocycles. The zero-order valence-electron chi connectivity index (χ0n) is 25.5. The minimum absolute atomic E-state index is 0.0487. The second-order valence-corrected chi connectivity index (χ2v) is 12.8. The Morgan fingerprint density at radius 3 is 1.93 bits per heavy atom. The van der Waals surface area contributed by atoms with E-state index in [4.69, 9.17) is 0 Å². The largest absolute Gasteiger partial charge is 0.416 e. The molecule has 0 aliphatic rings. The normalized spacial score (nSPS) is 13.0. The Morgan fingerprint density at radius 1 is 0.804 bits per heavy atom. The smallest absolute Gasteiger partial charge is 0.352 e. The van der Waals surface area contributed by atoms with E-state index in [0.717, 1.165) is 17.7 Å². The molecular weight excluding hydrogens is 615 g/mol. The van der Waals surface area contributed by atoms with Crippen molar-refractivity contribution in [3.05, 3.63) is 132 Å². The summed E-state index contributed by atoms with van der Waals surface area (Å²) in [6.07, 6.45) is -4.00. The van der Waals surface area contributed by atoms with Crippen molar-refractivity contribution in [3.63, 3.8) is 0 Å². The van der Waals surface area contributed by atoms with E-state index in [1.165, 1.54) is 35.2 Å². The molecule has 2 atom stereocenters. The maximum absolute atomic E-state index is 14.4. The Bertz CT molecular complexity index is 1700. The van der Waals surface area contributed by atoms with E-state index in [2.05, 4.69) is 5.32 Å². The van der Waals surface area contributed by atoms with Gasteiger partial charge in [-0.1, -0.05) is 91.9 Å². The lowest BCUT2D eigenvalue weighted by Crippen LogP contribution is -2.54. The molecule has 1 N–H and O–H groups in total. The number of benzene rings is 4. The molecule has 0 saturated carbocycles. The van der Waals surface area contributed by atoms with Crippen LogP contribution >= 0.6 is 0 Å². The van der Waals surface area contributed by atoms with Gasteiger partial charge in [0.05, 0.1) is 16.1 Å². The van der Waals surface area contributed by atoms with Crippen molar-refractivity contribution in [1.29, 1.82) is 0 Å². The molecule has 2 amide bonds. The van der Waals surface area contributed by atoms with Gasteiger partial charge in [0.15, 0.2) is 0 Å². The maximum Gasteiger partial charge on any atom is 0.416 e. The van der Waals surface area contributed by atoms with Gasteiger partial charge < -0.3 is 10.2 Å². The number of carbonyl (C=O) groups is 2. The number of rotatable bonds is 13. The van der Waals surface area contributed by atoms with Gasteiger partial charge in [-0.05, 0) is 54.8 Å². The topological polar surface area (TPSA) is 86.8 Å². The van der Waals surface area contributed by atoms with Gasteiger partial charge in [0.1, 0.15) is 12.6 Å². The third-order valence-corrected chi connectivity index (χ3v) is 9.33. The second-order valence-electron chi connectivity index (χ2n) is 10.9. The van der Waals surface area contributed by atoms with E-state index in [0.29, 0.717) is 22.4 Å². The Balaban J connectivity index is 1.83. The minimum Gasteiger partial charge on any atom is -0.352 e. The Morgan fingerprint density at radius 2 is 1.37 bits per heavy atom. The van der Waals surface area contributed by atoms with Gasteiger partial charge in [0.2, 0.25) is 11.8 Å². The molecule has 242 valence electrons. The van der Waals surface area contributed by atoms with E-state index in [1.807, 2.05) is 44.2 Å². The van der Waals surface area contributed by atoms with Crippen molar-refractivity contribution in [2.24, 2.45) is 0 Å². The fourth-order valence-electron chi connectivity index (χ4n) is 4.86. The zero-order valence-corrected chi connectivity index (χ0v) is 26.3. The van der Waals surface area contributed by atoms with Crippen molar-refractivity contribution >= 4 is 27.5 Å². The lowest BCUT2D eigenvalue weighted by molar-refractivity contribution is -0.140. The number of nitrogens with one attached hydrogen (secondary N) is 1. The average molecular weight is 652 g/mol. The summed E-state index contributed by atoms with van der Waals surface area (Å²) >= 11 is 0. The maximum atomic E-state index is 14.4. The van der Waals surface area contributed by atoms with Gasteiger partial charge in [-0.2, -0.15) is 13.2 Å². The number of hydrogen-bond acceptors (Lipinski definition) is 4. The lowest BCUT2D eigenvalue weighted by Gasteiger charge is -2.34. The van der Waals surface area contributed by atoms with Crippen LogP contribution < -0.4 is 9.62 Å². The highest BCUT2D eigenvalue weighted by Crippen LogP contribution is 2.33. The summed E-state index contributed by atoms with van der Waals surface area (Å²) in [6, 6.07) is 27.7. The first-order valence-electron chi connectivity index (χ1n) is 14.8. The van der Waals surface area contributed by atoms with Crippen LogP contribution in [0.25, 0.3) is 0 Å². The summed E-state index contributed by atoms with van der Waals surface area (Å²) in [5, 5.41) is 2.95. The van der Waals surface area contributed by atoms with Crippen LogP contribution in [0.15, 0.2) is 120 Å². The third-order valence-electron chi connectivity index (χ3n) is 7.54. The van der Waals surface area contributed by atoms with E-state index in [1.54, 1.807) is 36.4 Å². The molecule has 0 spiro atoms. The fourth-order valence-corrected chi connectivity index (χ4v) is 6.29. The number of amides is 2. The van der Waals surface area contributed by atoms with E-state index < -0.39 is 46.2 Å². The molecule has 0 bridgehead atoms. The van der Waals surface area contributed by atoms with E-state index in [9.17, 15) is 31.2 Å². The molecule has 4 rings (SSSR count). The minimum atomic E-state index is -4.75. The highest BCUT2D eigenvalue weighted by molar-refractivity contribution is 7.92. The molecule has 0 aliphatic carbocycles. The molecule has 4 aromatic carbocycles. The predicted octanol–water partition coefficient (Wildman–Crippen LogP) is 6.46. The van der Waals surface area contributed by atoms with Crippen molar-refractivity contribution in [3.8, 4) is 0 Å². The van der Waals surface area contributed by atoms with E-state index >= 15 is 0 Å². The van der Waals surface area contributed by atoms with Gasteiger partial charge in [0.25, 0.3) is 10.0 Å². The van der Waals surface area contributed by atoms with Gasteiger partial charge in [0, 0.05) is 19.0 Å². The standard InChI is InChI=1S/C35H36F3N3O4S/c1-3-26(2)39-34(43)32(22-27-14-7-4-8-15-27)40(24-28-16-9-5-10-17-28)33(42)25-41(46(44,45)31-20-11-6-12-21-31)30-19-13-18-29(23-30)35(36,37)38/h4-21,23,26,32H,3,22,24-25H2,1-2H3,(H,39,43). The summed E-state index contributed by atoms with van der Waals surface area (Å²) in [7, 11) is -4.53. The fraction of sp³-hybridized carbons (Fsp3) is 0.257. The molecule has 0 aromatic heterocycles. The van der Waals surface area contributed by atoms with Crippen LogP contribution in [-0.2, 0) is 38.8 Å². The van der Waals surface area contributed by atoms with Crippen LogP contribution in [0.4, 0.5) is 18.9 Å². The summed E-state index contributed by atoms with van der Waals surface area (Å²) in [4.78, 5) is 29.3. The number of carbonyl (C=O) groups excluding carboxylic acids is 2.